The third-order valence-corrected chi connectivity index (χ3v) is 3.85. The van der Waals surface area contributed by atoms with Crippen molar-refractivity contribution in [2.75, 3.05) is 25.0 Å². The molecule has 1 aliphatic rings. The molecule has 0 unspecified atom stereocenters. The highest BCUT2D eigenvalue weighted by atomic mass is 16.2. The van der Waals surface area contributed by atoms with Gasteiger partial charge in [0, 0.05) is 44.4 Å². The van der Waals surface area contributed by atoms with E-state index in [-0.39, 0.29) is 12.1 Å². The first-order chi connectivity index (χ1) is 11.3. The predicted molar refractivity (Wildman–Crippen MR) is 86.8 cm³/mol. The number of hydrogen-bond acceptors (Lipinski definition) is 5. The summed E-state index contributed by atoms with van der Waals surface area (Å²) in [5.74, 6) is 0.567. The largest absolute Gasteiger partial charge is 0.352 e. The minimum atomic E-state index is -0.0277. The summed E-state index contributed by atoms with van der Waals surface area (Å²) in [6.07, 6.45) is 8.92. The monoisotopic (exact) mass is 312 g/mol. The Labute approximate surface area is 135 Å². The molecule has 1 atom stereocenters. The summed E-state index contributed by atoms with van der Waals surface area (Å²) in [4.78, 5) is 26.5. The minimum Gasteiger partial charge on any atom is -0.352 e. The van der Waals surface area contributed by atoms with E-state index < -0.39 is 0 Å². The van der Waals surface area contributed by atoms with Gasteiger partial charge in [0.25, 0.3) is 0 Å². The molecule has 2 aromatic heterocycles. The van der Waals surface area contributed by atoms with Crippen LogP contribution in [0.25, 0.3) is 0 Å². The molecule has 23 heavy (non-hydrogen) atoms. The Balaban J connectivity index is 1.48. The number of aromatic nitrogens is 3. The zero-order chi connectivity index (χ0) is 15.9. The molecule has 120 valence electrons. The van der Waals surface area contributed by atoms with Gasteiger partial charge in [-0.1, -0.05) is 0 Å². The summed E-state index contributed by atoms with van der Waals surface area (Å²) in [6.45, 7) is 1.90. The molecule has 0 saturated carbocycles. The number of anilines is 1. The van der Waals surface area contributed by atoms with Crippen molar-refractivity contribution < 1.29 is 4.79 Å². The van der Waals surface area contributed by atoms with Gasteiger partial charge in [-0.05, 0) is 36.6 Å². The normalized spacial score (nSPS) is 17.0. The number of pyridine rings is 1. The van der Waals surface area contributed by atoms with Crippen molar-refractivity contribution in [1.82, 2.24) is 25.2 Å². The van der Waals surface area contributed by atoms with Crippen molar-refractivity contribution in [3.05, 3.63) is 48.5 Å². The number of carbonyl (C=O) groups excluding carboxylic acids is 1. The molecule has 2 N–H and O–H groups in total. The molecule has 7 heteroatoms. The summed E-state index contributed by atoms with van der Waals surface area (Å²) in [5.41, 5.74) is 1.14. The molecule has 2 aromatic rings. The van der Waals surface area contributed by atoms with Crippen molar-refractivity contribution in [1.29, 1.82) is 0 Å². The zero-order valence-corrected chi connectivity index (χ0v) is 12.9. The van der Waals surface area contributed by atoms with Crippen LogP contribution in [0.3, 0.4) is 0 Å². The number of hydrogen-bond donors (Lipinski definition) is 2. The standard InChI is InChI=1S/C16H20N6O/c23-16(21-11-10-20-15-18-6-2-7-19-15)22-12-1-3-14(22)13-4-8-17-9-5-13/h2,4-9,14H,1,3,10-12H2,(H,21,23)(H,18,19,20)/t14-/m1/s1. The van der Waals surface area contributed by atoms with E-state index in [2.05, 4.69) is 25.6 Å². The summed E-state index contributed by atoms with van der Waals surface area (Å²) >= 11 is 0. The molecule has 1 aliphatic heterocycles. The molecule has 7 nitrogen and oxygen atoms in total. The van der Waals surface area contributed by atoms with Gasteiger partial charge in [-0.15, -0.1) is 0 Å². The van der Waals surface area contributed by atoms with Gasteiger partial charge in [-0.25, -0.2) is 14.8 Å². The van der Waals surface area contributed by atoms with E-state index in [1.165, 1.54) is 0 Å². The molecule has 0 spiro atoms. The summed E-state index contributed by atoms with van der Waals surface area (Å²) in [6, 6.07) is 5.83. The third-order valence-electron chi connectivity index (χ3n) is 3.85. The lowest BCUT2D eigenvalue weighted by Crippen LogP contribution is -2.41. The molecule has 1 saturated heterocycles. The van der Waals surface area contributed by atoms with Crippen LogP contribution in [0.5, 0.6) is 0 Å². The topological polar surface area (TPSA) is 83.0 Å². The van der Waals surface area contributed by atoms with Crippen molar-refractivity contribution in [3.63, 3.8) is 0 Å². The highest BCUT2D eigenvalue weighted by Gasteiger charge is 2.29. The SMILES string of the molecule is O=C(NCCNc1ncccn1)N1CCC[C@@H]1c1ccncc1. The lowest BCUT2D eigenvalue weighted by molar-refractivity contribution is 0.193. The van der Waals surface area contributed by atoms with Crippen LogP contribution in [-0.4, -0.2) is 45.5 Å². The minimum absolute atomic E-state index is 0.0277. The highest BCUT2D eigenvalue weighted by Crippen LogP contribution is 2.31. The van der Waals surface area contributed by atoms with Gasteiger partial charge in [-0.2, -0.15) is 0 Å². The lowest BCUT2D eigenvalue weighted by atomic mass is 10.1. The van der Waals surface area contributed by atoms with Crippen LogP contribution in [0.1, 0.15) is 24.4 Å². The molecule has 1 fully saturated rings. The Kier molecular flexibility index (Phi) is 4.98. The van der Waals surface area contributed by atoms with Crippen LogP contribution < -0.4 is 10.6 Å². The Morgan fingerprint density at radius 1 is 1.17 bits per heavy atom. The van der Waals surface area contributed by atoms with E-state index in [0.29, 0.717) is 19.0 Å². The van der Waals surface area contributed by atoms with Gasteiger partial charge in [0.05, 0.1) is 6.04 Å². The molecule has 0 aromatic carbocycles. The van der Waals surface area contributed by atoms with E-state index in [0.717, 1.165) is 24.9 Å². The number of likely N-dealkylation sites (tertiary alicyclic amines) is 1. The molecular weight excluding hydrogens is 292 g/mol. The summed E-state index contributed by atoms with van der Waals surface area (Å²) in [5, 5.41) is 6.02. The van der Waals surface area contributed by atoms with Gasteiger partial charge in [-0.3, -0.25) is 4.98 Å². The van der Waals surface area contributed by atoms with Gasteiger partial charge in [0.15, 0.2) is 0 Å². The van der Waals surface area contributed by atoms with E-state index in [4.69, 9.17) is 0 Å². The summed E-state index contributed by atoms with van der Waals surface area (Å²) < 4.78 is 0. The molecular formula is C16H20N6O. The van der Waals surface area contributed by atoms with Crippen LogP contribution in [-0.2, 0) is 0 Å². The summed E-state index contributed by atoms with van der Waals surface area (Å²) in [7, 11) is 0. The van der Waals surface area contributed by atoms with Crippen molar-refractivity contribution in [2.45, 2.75) is 18.9 Å². The number of carbonyl (C=O) groups is 1. The van der Waals surface area contributed by atoms with Gasteiger partial charge < -0.3 is 15.5 Å². The Morgan fingerprint density at radius 3 is 2.74 bits per heavy atom. The fourth-order valence-electron chi connectivity index (χ4n) is 2.78. The van der Waals surface area contributed by atoms with Crippen molar-refractivity contribution in [2.24, 2.45) is 0 Å². The molecule has 3 rings (SSSR count). The predicted octanol–water partition coefficient (Wildman–Crippen LogP) is 1.83. The van der Waals surface area contributed by atoms with E-state index >= 15 is 0 Å². The number of nitrogens with one attached hydrogen (secondary N) is 2. The number of amides is 2. The first-order valence-electron chi connectivity index (χ1n) is 7.80. The number of nitrogens with zero attached hydrogens (tertiary/aromatic N) is 4. The van der Waals surface area contributed by atoms with Crippen LogP contribution in [0.4, 0.5) is 10.7 Å². The fraction of sp³-hybridized carbons (Fsp3) is 0.375. The van der Waals surface area contributed by atoms with E-state index in [1.807, 2.05) is 17.0 Å². The van der Waals surface area contributed by atoms with Crippen LogP contribution >= 0.6 is 0 Å². The Hall–Kier alpha value is -2.70. The molecule has 0 radical (unpaired) electrons. The second kappa shape index (κ2) is 7.53. The molecule has 3 heterocycles. The highest BCUT2D eigenvalue weighted by molar-refractivity contribution is 5.75. The van der Waals surface area contributed by atoms with Crippen LogP contribution in [0.2, 0.25) is 0 Å². The Bertz CT molecular complexity index is 621. The van der Waals surface area contributed by atoms with Gasteiger partial charge in [0.1, 0.15) is 0 Å². The fourth-order valence-corrected chi connectivity index (χ4v) is 2.78. The Morgan fingerprint density at radius 2 is 1.96 bits per heavy atom. The first-order valence-corrected chi connectivity index (χ1v) is 7.80. The van der Waals surface area contributed by atoms with E-state index in [9.17, 15) is 4.79 Å². The second-order valence-corrected chi connectivity index (χ2v) is 5.36. The third kappa shape index (κ3) is 3.94. The van der Waals surface area contributed by atoms with Gasteiger partial charge in [0.2, 0.25) is 5.95 Å². The maximum absolute atomic E-state index is 12.4. The van der Waals surface area contributed by atoms with Crippen LogP contribution in [0, 0.1) is 0 Å². The van der Waals surface area contributed by atoms with Crippen molar-refractivity contribution >= 4 is 12.0 Å². The molecule has 0 bridgehead atoms. The number of urea groups is 1. The van der Waals surface area contributed by atoms with Gasteiger partial charge >= 0.3 is 6.03 Å². The van der Waals surface area contributed by atoms with Crippen molar-refractivity contribution in [3.8, 4) is 0 Å². The van der Waals surface area contributed by atoms with E-state index in [1.54, 1.807) is 30.9 Å². The van der Waals surface area contributed by atoms with Crippen LogP contribution in [0.15, 0.2) is 43.0 Å². The molecule has 0 aliphatic carbocycles. The quantitative estimate of drug-likeness (QED) is 0.823. The maximum atomic E-state index is 12.4. The zero-order valence-electron chi connectivity index (χ0n) is 12.9. The number of rotatable bonds is 5. The average Bonchev–Trinajstić information content (AvgIpc) is 3.10. The smallest absolute Gasteiger partial charge is 0.317 e. The first kappa shape index (κ1) is 15.2. The maximum Gasteiger partial charge on any atom is 0.317 e. The second-order valence-electron chi connectivity index (χ2n) is 5.36. The molecule has 2 amide bonds. The average molecular weight is 312 g/mol. The lowest BCUT2D eigenvalue weighted by Gasteiger charge is -2.25.